The van der Waals surface area contributed by atoms with Crippen molar-refractivity contribution < 1.29 is 4.42 Å². The highest BCUT2D eigenvalue weighted by Gasteiger charge is 2.10. The topological polar surface area (TPSA) is 38.1 Å². The van der Waals surface area contributed by atoms with Gasteiger partial charge in [-0.3, -0.25) is 0 Å². The van der Waals surface area contributed by atoms with Gasteiger partial charge in [0.25, 0.3) is 0 Å². The lowest BCUT2D eigenvalue weighted by Crippen LogP contribution is -2.36. The summed E-state index contributed by atoms with van der Waals surface area (Å²) >= 11 is 7.42. The Morgan fingerprint density at radius 2 is 2.16 bits per heavy atom. The first-order chi connectivity index (χ1) is 8.94. The Morgan fingerprint density at radius 1 is 1.37 bits per heavy atom. The molecule has 0 radical (unpaired) electrons. The van der Waals surface area contributed by atoms with Crippen LogP contribution < -0.4 is 5.32 Å². The third kappa shape index (κ3) is 4.64. The van der Waals surface area contributed by atoms with E-state index in [0.29, 0.717) is 0 Å². The largest absolute Gasteiger partial charge is 0.440 e. The normalized spacial score (nSPS) is 12.0. The van der Waals surface area contributed by atoms with Crippen molar-refractivity contribution in [3.8, 4) is 10.6 Å². The van der Waals surface area contributed by atoms with Crippen molar-refractivity contribution in [3.05, 3.63) is 28.6 Å². The lowest BCUT2D eigenvalue weighted by Gasteiger charge is -2.19. The molecule has 0 bridgehead atoms. The Morgan fingerprint density at radius 3 is 2.79 bits per heavy atom. The second kappa shape index (κ2) is 6.07. The number of rotatable bonds is 5. The molecule has 0 aliphatic carbocycles. The van der Waals surface area contributed by atoms with Crippen LogP contribution in [0.4, 0.5) is 0 Å². The predicted octanol–water partition coefficient (Wildman–Crippen LogP) is 4.38. The van der Waals surface area contributed by atoms with Crippen LogP contribution in [0, 0.1) is 0 Å². The minimum atomic E-state index is 0.162. The molecule has 19 heavy (non-hydrogen) atoms. The van der Waals surface area contributed by atoms with E-state index in [1.807, 2.05) is 12.1 Å². The maximum Gasteiger partial charge on any atom is 0.194 e. The minimum absolute atomic E-state index is 0.162. The molecule has 0 saturated heterocycles. The lowest BCUT2D eigenvalue weighted by atomic mass is 10.1. The average molecular weight is 299 g/mol. The summed E-state index contributed by atoms with van der Waals surface area (Å²) in [7, 11) is 0. The summed E-state index contributed by atoms with van der Waals surface area (Å²) in [6.45, 7) is 7.45. The molecular weight excluding hydrogens is 280 g/mol. The number of nitrogens with one attached hydrogen (secondary N) is 1. The average Bonchev–Trinajstić information content (AvgIpc) is 2.92. The van der Waals surface area contributed by atoms with Gasteiger partial charge in [-0.05, 0) is 45.9 Å². The van der Waals surface area contributed by atoms with Crippen LogP contribution in [0.25, 0.3) is 10.6 Å². The maximum atomic E-state index is 5.91. The standard InChI is InChI=1S/C14H19ClN2OS/c1-14(2,3)17-8-4-5-13-16-9-10(18-13)11-6-7-12(15)19-11/h6-7,9,17H,4-5,8H2,1-3H3. The monoisotopic (exact) mass is 298 g/mol. The molecule has 2 aromatic heterocycles. The summed E-state index contributed by atoms with van der Waals surface area (Å²) in [4.78, 5) is 5.33. The van der Waals surface area contributed by atoms with E-state index in [-0.39, 0.29) is 5.54 Å². The molecule has 1 N–H and O–H groups in total. The number of hydrogen-bond acceptors (Lipinski definition) is 4. The molecule has 0 amide bonds. The van der Waals surface area contributed by atoms with E-state index in [1.54, 1.807) is 6.20 Å². The molecule has 0 aliphatic rings. The van der Waals surface area contributed by atoms with Crippen LogP contribution in [0.5, 0.6) is 0 Å². The number of aryl methyl sites for hydroxylation is 1. The first-order valence-electron chi connectivity index (χ1n) is 6.39. The van der Waals surface area contributed by atoms with Gasteiger partial charge in [0.1, 0.15) is 0 Å². The molecule has 0 fully saturated rings. The molecule has 5 heteroatoms. The van der Waals surface area contributed by atoms with Gasteiger partial charge in [-0.2, -0.15) is 0 Å². The summed E-state index contributed by atoms with van der Waals surface area (Å²) in [5.41, 5.74) is 0.162. The molecule has 0 unspecified atom stereocenters. The van der Waals surface area contributed by atoms with Crippen molar-refractivity contribution in [1.82, 2.24) is 10.3 Å². The van der Waals surface area contributed by atoms with Gasteiger partial charge in [0, 0.05) is 12.0 Å². The zero-order valence-corrected chi connectivity index (χ0v) is 13.1. The molecule has 2 aromatic rings. The highest BCUT2D eigenvalue weighted by atomic mass is 35.5. The SMILES string of the molecule is CC(C)(C)NCCCc1ncc(-c2ccc(Cl)s2)o1. The second-order valence-electron chi connectivity index (χ2n) is 5.50. The fourth-order valence-corrected chi connectivity index (χ4v) is 2.68. The van der Waals surface area contributed by atoms with Gasteiger partial charge in [-0.1, -0.05) is 11.6 Å². The molecular formula is C14H19ClN2OS. The molecule has 0 spiro atoms. The van der Waals surface area contributed by atoms with Gasteiger partial charge in [0.05, 0.1) is 15.4 Å². The fraction of sp³-hybridized carbons (Fsp3) is 0.500. The van der Waals surface area contributed by atoms with Crippen molar-refractivity contribution in [2.24, 2.45) is 0 Å². The maximum absolute atomic E-state index is 5.91. The van der Waals surface area contributed by atoms with Crippen molar-refractivity contribution >= 4 is 22.9 Å². The van der Waals surface area contributed by atoms with Crippen molar-refractivity contribution in [1.29, 1.82) is 0 Å². The summed E-state index contributed by atoms with van der Waals surface area (Å²) in [5.74, 6) is 1.59. The lowest BCUT2D eigenvalue weighted by molar-refractivity contribution is 0.413. The smallest absolute Gasteiger partial charge is 0.194 e. The molecule has 2 rings (SSSR count). The Labute approximate surface area is 123 Å². The Hall–Kier alpha value is -0.840. The van der Waals surface area contributed by atoms with Crippen LogP contribution >= 0.6 is 22.9 Å². The number of halogens is 1. The van der Waals surface area contributed by atoms with E-state index >= 15 is 0 Å². The first kappa shape index (κ1) is 14.6. The Balaban J connectivity index is 1.85. The van der Waals surface area contributed by atoms with Crippen LogP contribution in [-0.4, -0.2) is 17.1 Å². The van der Waals surface area contributed by atoms with Gasteiger partial charge in [0.2, 0.25) is 0 Å². The van der Waals surface area contributed by atoms with Crippen LogP contribution in [-0.2, 0) is 6.42 Å². The van der Waals surface area contributed by atoms with Gasteiger partial charge < -0.3 is 9.73 Å². The van der Waals surface area contributed by atoms with Gasteiger partial charge in [0.15, 0.2) is 11.7 Å². The number of hydrogen-bond donors (Lipinski definition) is 1. The molecule has 0 saturated carbocycles. The van der Waals surface area contributed by atoms with Crippen LogP contribution in [0.3, 0.4) is 0 Å². The molecule has 0 atom stereocenters. The van der Waals surface area contributed by atoms with Gasteiger partial charge >= 0.3 is 0 Å². The second-order valence-corrected chi connectivity index (χ2v) is 7.22. The highest BCUT2D eigenvalue weighted by molar-refractivity contribution is 7.19. The molecule has 2 heterocycles. The van der Waals surface area contributed by atoms with Crippen molar-refractivity contribution in [3.63, 3.8) is 0 Å². The summed E-state index contributed by atoms with van der Waals surface area (Å²) in [6.07, 6.45) is 3.64. The number of aromatic nitrogens is 1. The molecule has 0 aliphatic heterocycles. The van der Waals surface area contributed by atoms with Gasteiger partial charge in [-0.15, -0.1) is 11.3 Å². The fourth-order valence-electron chi connectivity index (χ4n) is 1.69. The molecule has 0 aromatic carbocycles. The number of nitrogens with zero attached hydrogens (tertiary/aromatic N) is 1. The zero-order chi connectivity index (χ0) is 13.9. The van der Waals surface area contributed by atoms with E-state index < -0.39 is 0 Å². The zero-order valence-electron chi connectivity index (χ0n) is 11.5. The Bertz CT molecular complexity index is 528. The van der Waals surface area contributed by atoms with E-state index in [2.05, 4.69) is 31.1 Å². The minimum Gasteiger partial charge on any atom is -0.440 e. The van der Waals surface area contributed by atoms with Crippen LogP contribution in [0.15, 0.2) is 22.7 Å². The summed E-state index contributed by atoms with van der Waals surface area (Å²) < 4.78 is 6.49. The van der Waals surface area contributed by atoms with E-state index in [4.69, 9.17) is 16.0 Å². The summed E-state index contributed by atoms with van der Waals surface area (Å²) in [5, 5.41) is 3.45. The van der Waals surface area contributed by atoms with Gasteiger partial charge in [-0.25, -0.2) is 4.98 Å². The van der Waals surface area contributed by atoms with E-state index in [1.165, 1.54) is 11.3 Å². The molecule has 3 nitrogen and oxygen atoms in total. The third-order valence-corrected chi connectivity index (χ3v) is 3.84. The predicted molar refractivity (Wildman–Crippen MR) is 80.9 cm³/mol. The first-order valence-corrected chi connectivity index (χ1v) is 7.59. The van der Waals surface area contributed by atoms with Crippen LogP contribution in [0.1, 0.15) is 33.1 Å². The van der Waals surface area contributed by atoms with Crippen LogP contribution in [0.2, 0.25) is 4.34 Å². The van der Waals surface area contributed by atoms with Crippen molar-refractivity contribution in [2.45, 2.75) is 39.2 Å². The Kier molecular flexibility index (Phi) is 4.66. The number of oxazole rings is 1. The summed E-state index contributed by atoms with van der Waals surface area (Å²) in [6, 6.07) is 3.83. The molecule has 104 valence electrons. The van der Waals surface area contributed by atoms with E-state index in [0.717, 1.165) is 40.3 Å². The highest BCUT2D eigenvalue weighted by Crippen LogP contribution is 2.31. The van der Waals surface area contributed by atoms with Crippen molar-refractivity contribution in [2.75, 3.05) is 6.54 Å². The third-order valence-electron chi connectivity index (χ3n) is 2.59. The quantitative estimate of drug-likeness (QED) is 0.833. The number of thiophene rings is 1. The van der Waals surface area contributed by atoms with E-state index in [9.17, 15) is 0 Å².